The lowest BCUT2D eigenvalue weighted by molar-refractivity contribution is -0.277. The number of rotatable bonds is 4. The average molecular weight is 330 g/mol. The van der Waals surface area contributed by atoms with Crippen molar-refractivity contribution in [3.05, 3.63) is 17.7 Å². The molecule has 5 atom stereocenters. The maximum atomic E-state index is 11.3. The van der Waals surface area contributed by atoms with E-state index in [0.29, 0.717) is 0 Å². The molecule has 23 heavy (non-hydrogen) atoms. The molecule has 1 aromatic rings. The summed E-state index contributed by atoms with van der Waals surface area (Å²) in [5, 5.41) is 57.7. The second-order valence-electron chi connectivity index (χ2n) is 5.21. The highest BCUT2D eigenvalue weighted by molar-refractivity contribution is 5.99. The molecule has 0 aromatic heterocycles. The van der Waals surface area contributed by atoms with Gasteiger partial charge >= 0.3 is 0 Å². The van der Waals surface area contributed by atoms with E-state index in [1.54, 1.807) is 0 Å². The van der Waals surface area contributed by atoms with E-state index in [-0.39, 0.29) is 11.3 Å². The first kappa shape index (κ1) is 17.4. The largest absolute Gasteiger partial charge is 0.507 e. The normalized spacial score (nSPS) is 30.9. The molecule has 0 radical (unpaired) electrons. The zero-order valence-electron chi connectivity index (χ0n) is 12.2. The van der Waals surface area contributed by atoms with Gasteiger partial charge in [-0.1, -0.05) is 0 Å². The number of aromatic hydroxyl groups is 2. The van der Waals surface area contributed by atoms with Gasteiger partial charge in [-0.15, -0.1) is 0 Å². The number of phenolic OH excluding ortho intramolecular Hbond substituents is 2. The summed E-state index contributed by atoms with van der Waals surface area (Å²) in [6.45, 7) is 0.539. The quantitative estimate of drug-likeness (QED) is 0.361. The van der Waals surface area contributed by atoms with Gasteiger partial charge in [0.15, 0.2) is 5.78 Å². The van der Waals surface area contributed by atoms with Crippen LogP contribution in [0.4, 0.5) is 0 Å². The monoisotopic (exact) mass is 330 g/mol. The van der Waals surface area contributed by atoms with Gasteiger partial charge in [0.1, 0.15) is 47.2 Å². The topological polar surface area (TPSA) is 157 Å². The maximum absolute atomic E-state index is 11.3. The van der Waals surface area contributed by atoms with Gasteiger partial charge < -0.3 is 40.1 Å². The minimum absolute atomic E-state index is 0.144. The molecule has 0 amide bonds. The lowest BCUT2D eigenvalue weighted by Crippen LogP contribution is -2.60. The minimum Gasteiger partial charge on any atom is -0.507 e. The van der Waals surface area contributed by atoms with Crippen LogP contribution in [-0.4, -0.2) is 73.7 Å². The Labute approximate surface area is 130 Å². The maximum Gasteiger partial charge on any atom is 0.229 e. The average Bonchev–Trinajstić information content (AvgIpc) is 2.46. The van der Waals surface area contributed by atoms with Gasteiger partial charge in [-0.25, -0.2) is 0 Å². The van der Waals surface area contributed by atoms with Crippen molar-refractivity contribution in [2.24, 2.45) is 0 Å². The summed E-state index contributed by atoms with van der Waals surface area (Å²) in [6, 6.07) is 2.05. The van der Waals surface area contributed by atoms with E-state index in [0.717, 1.165) is 19.1 Å². The number of hydrogen-bond donors (Lipinski definition) is 6. The van der Waals surface area contributed by atoms with Crippen LogP contribution in [0.2, 0.25) is 0 Å². The molecule has 1 aliphatic rings. The molecule has 6 N–H and O–H groups in total. The van der Waals surface area contributed by atoms with Gasteiger partial charge in [0.25, 0.3) is 0 Å². The molecule has 1 aliphatic heterocycles. The summed E-state index contributed by atoms with van der Waals surface area (Å²) in [4.78, 5) is 11.3. The smallest absolute Gasteiger partial charge is 0.229 e. The van der Waals surface area contributed by atoms with E-state index in [9.17, 15) is 30.3 Å². The van der Waals surface area contributed by atoms with E-state index in [1.165, 1.54) is 0 Å². The number of carbonyl (C=O) groups excluding carboxylic acids is 1. The summed E-state index contributed by atoms with van der Waals surface area (Å²) in [5.74, 6) is -1.76. The third kappa shape index (κ3) is 3.38. The lowest BCUT2D eigenvalue weighted by Gasteiger charge is -2.39. The van der Waals surface area contributed by atoms with Gasteiger partial charge in [-0.05, 0) is 6.92 Å². The molecule has 0 saturated carbocycles. The van der Waals surface area contributed by atoms with Gasteiger partial charge in [0.05, 0.1) is 6.61 Å². The van der Waals surface area contributed by atoms with Crippen LogP contribution in [-0.2, 0) is 4.74 Å². The zero-order valence-corrected chi connectivity index (χ0v) is 12.2. The molecule has 0 aliphatic carbocycles. The van der Waals surface area contributed by atoms with Crippen molar-refractivity contribution in [2.75, 3.05) is 6.61 Å². The third-order valence-electron chi connectivity index (χ3n) is 3.52. The lowest BCUT2D eigenvalue weighted by atomic mass is 9.99. The minimum atomic E-state index is -1.63. The number of carbonyl (C=O) groups is 1. The molecule has 128 valence electrons. The highest BCUT2D eigenvalue weighted by Crippen LogP contribution is 2.34. The number of Topliss-reactive ketones (excluding diaryl/α,β-unsaturated/α-hetero) is 1. The van der Waals surface area contributed by atoms with E-state index in [1.807, 2.05) is 0 Å². The number of hydrogen-bond acceptors (Lipinski definition) is 9. The molecule has 2 rings (SSSR count). The number of aliphatic hydroxyl groups excluding tert-OH is 4. The summed E-state index contributed by atoms with van der Waals surface area (Å²) in [7, 11) is 0. The van der Waals surface area contributed by atoms with Crippen LogP contribution in [0.25, 0.3) is 0 Å². The molecular formula is C14H18O9. The molecule has 0 unspecified atom stereocenters. The Balaban J connectivity index is 2.23. The number of benzene rings is 1. The molecule has 1 heterocycles. The fourth-order valence-electron chi connectivity index (χ4n) is 2.31. The van der Waals surface area contributed by atoms with Crippen molar-refractivity contribution in [1.29, 1.82) is 0 Å². The van der Waals surface area contributed by atoms with Gasteiger partial charge in [0.2, 0.25) is 6.29 Å². The summed E-state index contributed by atoms with van der Waals surface area (Å²) >= 11 is 0. The van der Waals surface area contributed by atoms with E-state index < -0.39 is 54.6 Å². The zero-order chi connectivity index (χ0) is 17.3. The second kappa shape index (κ2) is 6.69. The first-order valence-electron chi connectivity index (χ1n) is 6.80. The molecule has 1 aromatic carbocycles. The van der Waals surface area contributed by atoms with Crippen LogP contribution in [0.1, 0.15) is 17.3 Å². The van der Waals surface area contributed by atoms with Crippen LogP contribution in [0.5, 0.6) is 17.2 Å². The highest BCUT2D eigenvalue weighted by atomic mass is 16.7. The Morgan fingerprint density at radius 3 is 2.17 bits per heavy atom. The molecule has 1 fully saturated rings. The molecule has 9 heteroatoms. The van der Waals surface area contributed by atoms with Crippen LogP contribution in [0.3, 0.4) is 0 Å². The standard InChI is InChI=1S/C14H18O9/c1-5(16)10-7(17)2-6(3-8(10)18)22-14-13(21)12(20)11(19)9(4-15)23-14/h2-3,9,11-15,17-21H,4H2,1H3/t9-,11-,12+,13-,14-/m0/s1. The van der Waals surface area contributed by atoms with Crippen molar-refractivity contribution in [1.82, 2.24) is 0 Å². The van der Waals surface area contributed by atoms with Crippen LogP contribution in [0.15, 0.2) is 12.1 Å². The summed E-state index contributed by atoms with van der Waals surface area (Å²) in [6.07, 6.45) is -7.41. The van der Waals surface area contributed by atoms with Crippen molar-refractivity contribution in [3.8, 4) is 17.2 Å². The Morgan fingerprint density at radius 1 is 1.13 bits per heavy atom. The highest BCUT2D eigenvalue weighted by Gasteiger charge is 2.44. The van der Waals surface area contributed by atoms with E-state index >= 15 is 0 Å². The van der Waals surface area contributed by atoms with E-state index in [2.05, 4.69) is 0 Å². The first-order valence-corrected chi connectivity index (χ1v) is 6.80. The Hall–Kier alpha value is -1.91. The third-order valence-corrected chi connectivity index (χ3v) is 3.52. The Kier molecular flexibility index (Phi) is 5.07. The van der Waals surface area contributed by atoms with Gasteiger partial charge in [-0.3, -0.25) is 4.79 Å². The molecular weight excluding hydrogens is 312 g/mol. The number of ketones is 1. The number of ether oxygens (including phenoxy) is 2. The molecule has 0 bridgehead atoms. The van der Waals surface area contributed by atoms with Gasteiger partial charge in [0, 0.05) is 12.1 Å². The van der Waals surface area contributed by atoms with Crippen molar-refractivity contribution >= 4 is 5.78 Å². The molecule has 0 spiro atoms. The predicted molar refractivity (Wildman–Crippen MR) is 74.2 cm³/mol. The Morgan fingerprint density at radius 2 is 1.70 bits per heavy atom. The molecule has 1 saturated heterocycles. The number of phenols is 2. The SMILES string of the molecule is CC(=O)c1c(O)cc(O[C@H]2O[C@@H](CO)[C@H](O)[C@@H](O)[C@@H]2O)cc1O. The fourth-order valence-corrected chi connectivity index (χ4v) is 2.31. The number of aliphatic hydroxyl groups is 4. The van der Waals surface area contributed by atoms with E-state index in [4.69, 9.17) is 14.6 Å². The van der Waals surface area contributed by atoms with Crippen molar-refractivity contribution in [2.45, 2.75) is 37.6 Å². The van der Waals surface area contributed by atoms with Crippen molar-refractivity contribution < 1.29 is 44.9 Å². The second-order valence-corrected chi connectivity index (χ2v) is 5.21. The van der Waals surface area contributed by atoms with Crippen LogP contribution >= 0.6 is 0 Å². The Bertz CT molecular complexity index is 563. The summed E-state index contributed by atoms with van der Waals surface area (Å²) < 4.78 is 10.4. The van der Waals surface area contributed by atoms with Crippen LogP contribution in [0, 0.1) is 0 Å². The van der Waals surface area contributed by atoms with Gasteiger partial charge in [-0.2, -0.15) is 0 Å². The fraction of sp³-hybridized carbons (Fsp3) is 0.500. The summed E-state index contributed by atoms with van der Waals surface area (Å²) in [5.41, 5.74) is -0.286. The first-order chi connectivity index (χ1) is 10.8. The van der Waals surface area contributed by atoms with Crippen molar-refractivity contribution in [3.63, 3.8) is 0 Å². The predicted octanol–water partition coefficient (Wildman–Crippen LogP) is -1.52. The molecule has 9 nitrogen and oxygen atoms in total. The van der Waals surface area contributed by atoms with Crippen LogP contribution < -0.4 is 4.74 Å².